The Morgan fingerprint density at radius 1 is 1.56 bits per heavy atom. The van der Waals surface area contributed by atoms with E-state index in [9.17, 15) is 4.79 Å². The minimum absolute atomic E-state index is 0.0315. The maximum Gasteiger partial charge on any atom is 0.244 e. The van der Waals surface area contributed by atoms with Crippen LogP contribution in [0.25, 0.3) is 0 Å². The lowest BCUT2D eigenvalue weighted by Crippen LogP contribution is -2.46. The Bertz CT molecular complexity index is 376. The highest BCUT2D eigenvalue weighted by atomic mass is 16.2. The molecule has 0 radical (unpaired) electrons. The van der Waals surface area contributed by atoms with Gasteiger partial charge in [-0.05, 0) is 38.3 Å². The average Bonchev–Trinajstić information content (AvgIpc) is 2.92. The lowest BCUT2D eigenvalue weighted by molar-refractivity contribution is -0.125. The third kappa shape index (κ3) is 2.90. The molecule has 3 unspecified atom stereocenters. The van der Waals surface area contributed by atoms with Gasteiger partial charge in [0, 0.05) is 18.4 Å². The van der Waals surface area contributed by atoms with Crippen molar-refractivity contribution in [1.29, 1.82) is 0 Å². The van der Waals surface area contributed by atoms with E-state index >= 15 is 0 Å². The van der Waals surface area contributed by atoms with Gasteiger partial charge < -0.3 is 11.1 Å². The normalized spacial score (nSPS) is 25.7. The van der Waals surface area contributed by atoms with Crippen LogP contribution in [-0.2, 0) is 4.79 Å². The first-order chi connectivity index (χ1) is 8.72. The zero-order chi connectivity index (χ0) is 13.0. The monoisotopic (exact) mass is 250 g/mol. The molecule has 3 atom stereocenters. The summed E-state index contributed by atoms with van der Waals surface area (Å²) in [6.07, 6.45) is 8.07. The summed E-state index contributed by atoms with van der Waals surface area (Å²) in [6, 6.07) is 1.79. The number of hydrogen-bond donors (Lipinski definition) is 2. The van der Waals surface area contributed by atoms with Crippen LogP contribution < -0.4 is 11.1 Å². The first kappa shape index (κ1) is 13.1. The molecule has 1 aromatic rings. The zero-order valence-electron chi connectivity index (χ0n) is 10.9. The van der Waals surface area contributed by atoms with Crippen molar-refractivity contribution < 1.29 is 4.79 Å². The molecule has 1 saturated carbocycles. The first-order valence-electron chi connectivity index (χ1n) is 6.72. The van der Waals surface area contributed by atoms with Gasteiger partial charge in [-0.2, -0.15) is 5.10 Å². The quantitative estimate of drug-likeness (QED) is 0.839. The number of nitrogens with two attached hydrogens (primary N) is 1. The lowest BCUT2D eigenvalue weighted by Gasteiger charge is -2.32. The largest absolute Gasteiger partial charge is 0.351 e. The molecular formula is C13H22N4O. The van der Waals surface area contributed by atoms with Crippen LogP contribution in [0, 0.1) is 5.92 Å². The topological polar surface area (TPSA) is 72.9 Å². The fourth-order valence-electron chi connectivity index (χ4n) is 2.61. The van der Waals surface area contributed by atoms with E-state index in [1.165, 1.54) is 12.8 Å². The standard InChI is InChI=1S/C13H22N4O/c1-10(17-8-4-7-15-17)13(18)16-12-6-3-2-5-11(12)9-14/h4,7-8,10-12H,2-3,5-6,9,14H2,1H3,(H,16,18). The average molecular weight is 250 g/mol. The summed E-state index contributed by atoms with van der Waals surface area (Å²) in [7, 11) is 0. The third-order valence-electron chi connectivity index (χ3n) is 3.84. The molecule has 2 rings (SSSR count). The highest BCUT2D eigenvalue weighted by Crippen LogP contribution is 2.24. The smallest absolute Gasteiger partial charge is 0.244 e. The van der Waals surface area contributed by atoms with Crippen LogP contribution in [0.3, 0.4) is 0 Å². The van der Waals surface area contributed by atoms with Crippen molar-refractivity contribution in [2.45, 2.75) is 44.7 Å². The summed E-state index contributed by atoms with van der Waals surface area (Å²) < 4.78 is 1.68. The van der Waals surface area contributed by atoms with E-state index in [4.69, 9.17) is 5.73 Å². The molecule has 5 heteroatoms. The van der Waals surface area contributed by atoms with Crippen LogP contribution in [-0.4, -0.2) is 28.3 Å². The molecule has 1 aromatic heterocycles. The van der Waals surface area contributed by atoms with Crippen LogP contribution in [0.4, 0.5) is 0 Å². The molecule has 100 valence electrons. The van der Waals surface area contributed by atoms with Crippen molar-refractivity contribution in [3.63, 3.8) is 0 Å². The van der Waals surface area contributed by atoms with Crippen LogP contribution in [0.2, 0.25) is 0 Å². The Labute approximate surface area is 108 Å². The molecule has 1 fully saturated rings. The van der Waals surface area contributed by atoms with Crippen molar-refractivity contribution in [2.24, 2.45) is 11.7 Å². The maximum absolute atomic E-state index is 12.2. The number of rotatable bonds is 4. The van der Waals surface area contributed by atoms with Crippen molar-refractivity contribution in [2.75, 3.05) is 6.54 Å². The Kier molecular flexibility index (Phi) is 4.36. The number of carbonyl (C=O) groups is 1. The molecule has 1 aliphatic rings. The van der Waals surface area contributed by atoms with Crippen molar-refractivity contribution >= 4 is 5.91 Å². The van der Waals surface area contributed by atoms with E-state index in [0.29, 0.717) is 12.5 Å². The number of hydrogen-bond acceptors (Lipinski definition) is 3. The summed E-state index contributed by atoms with van der Waals surface area (Å²) >= 11 is 0. The fourth-order valence-corrected chi connectivity index (χ4v) is 2.61. The molecule has 0 saturated heterocycles. The summed E-state index contributed by atoms with van der Waals surface area (Å²) in [5, 5.41) is 7.23. The minimum Gasteiger partial charge on any atom is -0.351 e. The number of nitrogens with zero attached hydrogens (tertiary/aromatic N) is 2. The SMILES string of the molecule is CC(C(=O)NC1CCCCC1CN)n1cccn1. The van der Waals surface area contributed by atoms with Crippen molar-refractivity contribution in [1.82, 2.24) is 15.1 Å². The second-order valence-corrected chi connectivity index (χ2v) is 5.06. The Hall–Kier alpha value is -1.36. The number of aromatic nitrogens is 2. The van der Waals surface area contributed by atoms with Gasteiger partial charge in [0.1, 0.15) is 6.04 Å². The molecule has 0 aromatic carbocycles. The Balaban J connectivity index is 1.93. The van der Waals surface area contributed by atoms with Gasteiger partial charge in [0.2, 0.25) is 5.91 Å². The molecule has 5 nitrogen and oxygen atoms in total. The van der Waals surface area contributed by atoms with Crippen molar-refractivity contribution in [3.05, 3.63) is 18.5 Å². The van der Waals surface area contributed by atoms with Gasteiger partial charge in [0.25, 0.3) is 0 Å². The van der Waals surface area contributed by atoms with E-state index in [-0.39, 0.29) is 18.0 Å². The van der Waals surface area contributed by atoms with E-state index in [1.54, 1.807) is 10.9 Å². The van der Waals surface area contributed by atoms with Gasteiger partial charge in [-0.25, -0.2) is 0 Å². The minimum atomic E-state index is -0.264. The van der Waals surface area contributed by atoms with E-state index < -0.39 is 0 Å². The van der Waals surface area contributed by atoms with Crippen LogP contribution in [0.5, 0.6) is 0 Å². The second kappa shape index (κ2) is 6.00. The van der Waals surface area contributed by atoms with Gasteiger partial charge in [-0.3, -0.25) is 9.48 Å². The van der Waals surface area contributed by atoms with Gasteiger partial charge in [-0.15, -0.1) is 0 Å². The van der Waals surface area contributed by atoms with Crippen molar-refractivity contribution in [3.8, 4) is 0 Å². The van der Waals surface area contributed by atoms with Gasteiger partial charge in [0.05, 0.1) is 0 Å². The summed E-state index contributed by atoms with van der Waals surface area (Å²) in [5.41, 5.74) is 5.77. The maximum atomic E-state index is 12.2. The zero-order valence-corrected chi connectivity index (χ0v) is 10.9. The summed E-state index contributed by atoms with van der Waals surface area (Å²) in [5.74, 6) is 0.455. The van der Waals surface area contributed by atoms with Crippen LogP contribution >= 0.6 is 0 Å². The Morgan fingerprint density at radius 3 is 3.00 bits per heavy atom. The molecule has 0 spiro atoms. The molecule has 0 aliphatic heterocycles. The molecule has 3 N–H and O–H groups in total. The number of carbonyl (C=O) groups excluding carboxylic acids is 1. The second-order valence-electron chi connectivity index (χ2n) is 5.06. The predicted molar refractivity (Wildman–Crippen MR) is 69.9 cm³/mol. The van der Waals surface area contributed by atoms with Gasteiger partial charge in [-0.1, -0.05) is 12.8 Å². The predicted octanol–water partition coefficient (Wildman–Crippen LogP) is 1.08. The molecule has 1 heterocycles. The Morgan fingerprint density at radius 2 is 2.33 bits per heavy atom. The highest BCUT2D eigenvalue weighted by Gasteiger charge is 2.27. The van der Waals surface area contributed by atoms with Crippen LogP contribution in [0.1, 0.15) is 38.6 Å². The first-order valence-corrected chi connectivity index (χ1v) is 6.72. The van der Waals surface area contributed by atoms with Gasteiger partial charge >= 0.3 is 0 Å². The lowest BCUT2D eigenvalue weighted by atomic mass is 9.84. The highest BCUT2D eigenvalue weighted by molar-refractivity contribution is 5.80. The molecule has 0 bridgehead atoms. The third-order valence-corrected chi connectivity index (χ3v) is 3.84. The molecular weight excluding hydrogens is 228 g/mol. The van der Waals surface area contributed by atoms with E-state index in [1.807, 2.05) is 19.2 Å². The van der Waals surface area contributed by atoms with Gasteiger partial charge in [0.15, 0.2) is 0 Å². The molecule has 1 aliphatic carbocycles. The number of amides is 1. The molecule has 18 heavy (non-hydrogen) atoms. The summed E-state index contributed by atoms with van der Waals surface area (Å²) in [6.45, 7) is 2.52. The molecule has 1 amide bonds. The van der Waals surface area contributed by atoms with E-state index in [2.05, 4.69) is 10.4 Å². The number of nitrogens with one attached hydrogen (secondary N) is 1. The summed E-state index contributed by atoms with van der Waals surface area (Å²) in [4.78, 5) is 12.2. The van der Waals surface area contributed by atoms with Crippen LogP contribution in [0.15, 0.2) is 18.5 Å². The van der Waals surface area contributed by atoms with E-state index in [0.717, 1.165) is 12.8 Å². The fraction of sp³-hybridized carbons (Fsp3) is 0.692.